The maximum Gasteiger partial charge on any atom is 0.317 e. The van der Waals surface area contributed by atoms with Crippen LogP contribution in [0.4, 0.5) is 0 Å². The van der Waals surface area contributed by atoms with Crippen molar-refractivity contribution in [3.8, 4) is 0 Å². The Morgan fingerprint density at radius 2 is 1.33 bits per heavy atom. The predicted molar refractivity (Wildman–Crippen MR) is 284 cm³/mol. The number of hydrogen-bond donors (Lipinski definition) is 16. The maximum atomic E-state index is 15.4. The Balaban J connectivity index is 0.865. The first kappa shape index (κ1) is 65.9. The van der Waals surface area contributed by atoms with Crippen LogP contribution >= 0.6 is 0 Å². The molecule has 16 N–H and O–H groups in total. The van der Waals surface area contributed by atoms with E-state index in [2.05, 4.69) is 33.8 Å². The summed E-state index contributed by atoms with van der Waals surface area (Å²) in [6.45, 7) is 8.17. The van der Waals surface area contributed by atoms with Gasteiger partial charge in [0.15, 0.2) is 25.0 Å². The first-order chi connectivity index (χ1) is 39.9. The molecular weight excluding hydrogens is 1130 g/mol. The SMILES string of the molecule is C[C@@H]1O[C@@H](O[C@H]2[C@@H](OC(=O)[C@]34CCC(C)(C)C[C@H]3C3=CC[C@@H]5[C@@]6(C)C[C@H](O)[C@@H](O[C@H]7O[C@H](CO)[C@@H](O)[C@H](O)[C@@H]7O)[C@](C=O)(CO)[C@H]6CC[C@@]5(C)[C@]3(C)C[C@H]4O)OC[C@H](O)[C@@H]2O)[C@@H](O)[C@H](O)[C@@H]1C[C@H]1OC[C@@H](O)[C@@H](O[C@@H]2OC[C@](O)(CO)[C@H]2O)[C@@H]1O. The molecule has 5 aliphatic carbocycles. The molecule has 0 radical (unpaired) electrons. The highest BCUT2D eigenvalue weighted by atomic mass is 16.8. The molecule has 0 aromatic carbocycles. The van der Waals surface area contributed by atoms with Gasteiger partial charge in [0, 0.05) is 5.92 Å². The normalized spacial score (nSPS) is 55.1. The van der Waals surface area contributed by atoms with E-state index in [9.17, 15) is 86.5 Å². The molecule has 27 heteroatoms. The summed E-state index contributed by atoms with van der Waals surface area (Å²) < 4.78 is 53.0. The number of aliphatic hydroxyl groups is 16. The lowest BCUT2D eigenvalue weighted by atomic mass is 9.33. The lowest BCUT2D eigenvalue weighted by Crippen LogP contribution is -2.71. The van der Waals surface area contributed by atoms with E-state index in [1.807, 2.05) is 6.92 Å². The Morgan fingerprint density at radius 3 is 1.99 bits per heavy atom. The van der Waals surface area contributed by atoms with Crippen LogP contribution in [0.5, 0.6) is 0 Å². The lowest BCUT2D eigenvalue weighted by Gasteiger charge is -2.72. The molecule has 4 saturated carbocycles. The quantitative estimate of drug-likeness (QED) is 0.0337. The predicted octanol–water partition coefficient (Wildman–Crippen LogP) is -4.51. The summed E-state index contributed by atoms with van der Waals surface area (Å²) >= 11 is 0. The van der Waals surface area contributed by atoms with Crippen LogP contribution in [0.25, 0.3) is 0 Å². The third kappa shape index (κ3) is 10.5. The molecular formula is C58H92O27. The van der Waals surface area contributed by atoms with E-state index in [0.717, 1.165) is 5.57 Å². The Bertz CT molecular complexity index is 2420. The van der Waals surface area contributed by atoms with Gasteiger partial charge in [0.25, 0.3) is 0 Å². The number of fused-ring (bicyclic) bond motifs is 7. The number of carbonyl (C=O) groups is 2. The summed E-state index contributed by atoms with van der Waals surface area (Å²) in [7, 11) is 0. The maximum absolute atomic E-state index is 15.4. The van der Waals surface area contributed by atoms with E-state index in [1.54, 1.807) is 0 Å². The Morgan fingerprint density at radius 1 is 0.659 bits per heavy atom. The van der Waals surface area contributed by atoms with Crippen molar-refractivity contribution in [1.29, 1.82) is 0 Å². The van der Waals surface area contributed by atoms with Gasteiger partial charge in [-0.25, -0.2) is 0 Å². The molecule has 5 saturated heterocycles. The van der Waals surface area contributed by atoms with Crippen molar-refractivity contribution in [3.05, 3.63) is 11.6 Å². The molecule has 0 amide bonds. The Hall–Kier alpha value is -2.08. The van der Waals surface area contributed by atoms with Crippen molar-refractivity contribution in [1.82, 2.24) is 0 Å². The third-order valence-corrected chi connectivity index (χ3v) is 23.0. The van der Waals surface area contributed by atoms with E-state index >= 15 is 4.79 Å². The van der Waals surface area contributed by atoms with Crippen molar-refractivity contribution in [2.45, 2.75) is 240 Å². The molecule has 85 heavy (non-hydrogen) atoms. The van der Waals surface area contributed by atoms with Crippen LogP contribution in [0.2, 0.25) is 0 Å². The molecule has 0 spiro atoms. The zero-order valence-corrected chi connectivity index (χ0v) is 48.9. The average molecular weight is 1220 g/mol. The zero-order valence-electron chi connectivity index (χ0n) is 48.9. The van der Waals surface area contributed by atoms with Gasteiger partial charge in [0.1, 0.15) is 90.5 Å². The van der Waals surface area contributed by atoms with Crippen LogP contribution in [0.15, 0.2) is 11.6 Å². The fraction of sp³-hybridized carbons (Fsp3) is 0.931. The van der Waals surface area contributed by atoms with Crippen LogP contribution in [-0.2, 0) is 52.2 Å². The van der Waals surface area contributed by atoms with E-state index in [0.29, 0.717) is 38.4 Å². The van der Waals surface area contributed by atoms with Gasteiger partial charge in [0.05, 0.1) is 75.6 Å². The van der Waals surface area contributed by atoms with Crippen molar-refractivity contribution in [2.24, 2.45) is 56.2 Å². The molecule has 10 aliphatic rings. The van der Waals surface area contributed by atoms with Crippen LogP contribution in [-0.4, -0.2) is 274 Å². The summed E-state index contributed by atoms with van der Waals surface area (Å²) in [6, 6.07) is 0. The lowest BCUT2D eigenvalue weighted by molar-refractivity contribution is -0.349. The molecule has 0 unspecified atom stereocenters. The zero-order chi connectivity index (χ0) is 62.1. The number of carbonyl (C=O) groups excluding carboxylic acids is 2. The average Bonchev–Trinajstić information content (AvgIpc) is 0.951. The van der Waals surface area contributed by atoms with Crippen LogP contribution in [0, 0.1) is 56.2 Å². The fourth-order valence-corrected chi connectivity index (χ4v) is 17.8. The molecule has 5 heterocycles. The first-order valence-corrected chi connectivity index (χ1v) is 30.1. The number of esters is 1. The summed E-state index contributed by atoms with van der Waals surface area (Å²) in [6.07, 6.45) is -29.7. The van der Waals surface area contributed by atoms with Crippen molar-refractivity contribution in [3.63, 3.8) is 0 Å². The monoisotopic (exact) mass is 1220 g/mol. The second-order valence-corrected chi connectivity index (χ2v) is 28.2. The molecule has 0 bridgehead atoms. The number of rotatable bonds is 14. The van der Waals surface area contributed by atoms with E-state index in [4.69, 9.17) is 42.6 Å². The third-order valence-electron chi connectivity index (χ3n) is 23.0. The highest BCUT2D eigenvalue weighted by molar-refractivity contribution is 5.80. The van der Waals surface area contributed by atoms with Crippen molar-refractivity contribution in [2.75, 3.05) is 39.6 Å². The number of aliphatic hydroxyl groups excluding tert-OH is 15. The Kier molecular flexibility index (Phi) is 18.5. The molecule has 10 rings (SSSR count). The van der Waals surface area contributed by atoms with Gasteiger partial charge in [-0.2, -0.15) is 0 Å². The largest absolute Gasteiger partial charge is 0.432 e. The van der Waals surface area contributed by atoms with Gasteiger partial charge in [0.2, 0.25) is 6.29 Å². The highest BCUT2D eigenvalue weighted by Crippen LogP contribution is 2.76. The topological polar surface area (TPSA) is 441 Å². The first-order valence-electron chi connectivity index (χ1n) is 30.1. The van der Waals surface area contributed by atoms with E-state index in [1.165, 1.54) is 6.92 Å². The van der Waals surface area contributed by atoms with Crippen molar-refractivity contribution < 1.29 is 134 Å². The summed E-state index contributed by atoms with van der Waals surface area (Å²) in [5.74, 6) is -3.38. The van der Waals surface area contributed by atoms with Crippen molar-refractivity contribution >= 4 is 12.3 Å². The number of aldehydes is 1. The van der Waals surface area contributed by atoms with E-state index in [-0.39, 0.29) is 43.6 Å². The molecule has 0 aromatic rings. The summed E-state index contributed by atoms with van der Waals surface area (Å²) in [4.78, 5) is 29.1. The molecule has 0 aromatic heterocycles. The number of ether oxygens (including phenoxy) is 9. The minimum atomic E-state index is -2.05. The van der Waals surface area contributed by atoms with Crippen LogP contribution < -0.4 is 0 Å². The van der Waals surface area contributed by atoms with Gasteiger partial charge in [-0.3, -0.25) is 4.79 Å². The second kappa shape index (κ2) is 23.9. The molecule has 5 aliphatic heterocycles. The standard InChI is InChI=1S/C58H92O27/c1-24-25(13-31-39(70)43(30(65)19-77-31)82-50-45(74)57(76,22-62)23-79-50)36(67)41(72)47(80-24)83-44-37(68)29(64)18-78-49(44)85-51(75)58-12-11-52(2,3)14-27(58)26-7-8-33-53(4)15-28(63)46(84-48-42(73)40(71)38(69)32(17-59)81-48)56(20-60,21-61)34(53)9-10-54(33,5)55(26,6)16-35(58)66/h7,20,24-25,27-50,59,61-74,76H,8-19,21-23H2,1-6H3/t24-,25+,27-,28-,29-,30+,31+,32+,33+,34-,35+,36+,37-,38+,39+,40-,41-,42-,43+,44+,45-,46+,47-,48+,49+,50-,53+,54+,55+,56+,57+,58+/m0/s1. The highest BCUT2D eigenvalue weighted by Gasteiger charge is 2.74. The molecule has 486 valence electrons. The smallest absolute Gasteiger partial charge is 0.317 e. The number of allylic oxidation sites excluding steroid dienone is 2. The minimum absolute atomic E-state index is 0.0591. The van der Waals surface area contributed by atoms with Gasteiger partial charge < -0.3 is 129 Å². The van der Waals surface area contributed by atoms with Gasteiger partial charge in [-0.05, 0) is 104 Å². The summed E-state index contributed by atoms with van der Waals surface area (Å²) in [5.41, 5.74) is -7.18. The summed E-state index contributed by atoms with van der Waals surface area (Å²) in [5, 5.41) is 177. The second-order valence-electron chi connectivity index (χ2n) is 28.2. The Labute approximate surface area is 492 Å². The van der Waals surface area contributed by atoms with Crippen LogP contribution in [0.3, 0.4) is 0 Å². The van der Waals surface area contributed by atoms with Gasteiger partial charge in [-0.15, -0.1) is 0 Å². The van der Waals surface area contributed by atoms with Gasteiger partial charge in [-0.1, -0.05) is 46.3 Å². The fourth-order valence-electron chi connectivity index (χ4n) is 17.8. The molecule has 32 atom stereocenters. The molecule has 27 nitrogen and oxygen atoms in total. The van der Waals surface area contributed by atoms with Gasteiger partial charge >= 0.3 is 5.97 Å². The minimum Gasteiger partial charge on any atom is -0.432 e. The molecule has 9 fully saturated rings. The van der Waals surface area contributed by atoms with Crippen LogP contribution in [0.1, 0.15) is 99.3 Å². The number of hydrogen-bond acceptors (Lipinski definition) is 27. The van der Waals surface area contributed by atoms with E-state index < -0.39 is 224 Å².